The van der Waals surface area contributed by atoms with E-state index in [1.807, 2.05) is 7.05 Å². The van der Waals surface area contributed by atoms with Gasteiger partial charge in [0.05, 0.1) is 0 Å². The molecule has 0 saturated carbocycles. The second-order valence-corrected chi connectivity index (χ2v) is 4.43. The Labute approximate surface area is 105 Å². The summed E-state index contributed by atoms with van der Waals surface area (Å²) in [5.41, 5.74) is 0. The molecule has 0 amide bonds. The van der Waals surface area contributed by atoms with Gasteiger partial charge in [0.1, 0.15) is 6.34 Å². The quantitative estimate of drug-likeness (QED) is 0.545. The molecule has 1 aliphatic rings. The van der Waals surface area contributed by atoms with Crippen LogP contribution in [0.15, 0.2) is 4.99 Å². The number of likely N-dealkylation sites (N-methyl/N-ethyl adjacent to an activating group) is 2. The fourth-order valence-electron chi connectivity index (χ4n) is 1.91. The summed E-state index contributed by atoms with van der Waals surface area (Å²) in [6.45, 7) is 7.77. The van der Waals surface area contributed by atoms with Gasteiger partial charge < -0.3 is 15.1 Å². The summed E-state index contributed by atoms with van der Waals surface area (Å²) in [6.07, 6.45) is 3.55. The van der Waals surface area contributed by atoms with Crippen molar-refractivity contribution >= 4 is 13.1 Å². The molecule has 0 aromatic carbocycles. The third-order valence-electron chi connectivity index (χ3n) is 3.12. The fourth-order valence-corrected chi connectivity index (χ4v) is 1.91. The Kier molecular flexibility index (Phi) is 9.90. The van der Waals surface area contributed by atoms with E-state index < -0.39 is 0 Å². The molecule has 0 spiro atoms. The van der Waals surface area contributed by atoms with Crippen LogP contribution in [-0.4, -0.2) is 76.2 Å². The summed E-state index contributed by atoms with van der Waals surface area (Å²) < 4.78 is 0. The molecule has 2 N–H and O–H groups in total. The SMILES string of the molecule is C=NC=N.CNCCN(C)C1CCN(C)CC1. The van der Waals surface area contributed by atoms with Crippen molar-refractivity contribution in [3.8, 4) is 0 Å². The Balaban J connectivity index is 0.000000557. The number of likely N-dealkylation sites (tertiary alicyclic amines) is 1. The Morgan fingerprint density at radius 2 is 2.06 bits per heavy atom. The van der Waals surface area contributed by atoms with Crippen molar-refractivity contribution in [2.45, 2.75) is 18.9 Å². The van der Waals surface area contributed by atoms with Crippen LogP contribution in [0.1, 0.15) is 12.8 Å². The van der Waals surface area contributed by atoms with Gasteiger partial charge in [-0.15, -0.1) is 0 Å². The number of hydrogen-bond acceptors (Lipinski definition) is 4. The third kappa shape index (κ3) is 8.01. The predicted molar refractivity (Wildman–Crippen MR) is 75.4 cm³/mol. The van der Waals surface area contributed by atoms with Gasteiger partial charge in [-0.3, -0.25) is 10.4 Å². The number of rotatable bonds is 5. The van der Waals surface area contributed by atoms with Crippen LogP contribution in [0.2, 0.25) is 0 Å². The molecule has 0 radical (unpaired) electrons. The topological polar surface area (TPSA) is 54.7 Å². The molecule has 0 unspecified atom stereocenters. The molecule has 100 valence electrons. The van der Waals surface area contributed by atoms with E-state index in [2.05, 4.69) is 40.9 Å². The van der Waals surface area contributed by atoms with Crippen LogP contribution in [0, 0.1) is 5.41 Å². The van der Waals surface area contributed by atoms with Crippen LogP contribution < -0.4 is 5.32 Å². The molecule has 17 heavy (non-hydrogen) atoms. The van der Waals surface area contributed by atoms with Crippen molar-refractivity contribution in [3.05, 3.63) is 0 Å². The van der Waals surface area contributed by atoms with Crippen molar-refractivity contribution in [2.75, 3.05) is 47.3 Å². The first-order valence-electron chi connectivity index (χ1n) is 6.13. The molecular weight excluding hydrogens is 214 g/mol. The van der Waals surface area contributed by atoms with Crippen LogP contribution in [0.3, 0.4) is 0 Å². The van der Waals surface area contributed by atoms with E-state index in [1.54, 1.807) is 0 Å². The first-order chi connectivity index (χ1) is 8.15. The maximum atomic E-state index is 6.10. The van der Waals surface area contributed by atoms with E-state index in [0.717, 1.165) is 18.9 Å². The molecule has 5 nitrogen and oxygen atoms in total. The molecule has 0 aromatic rings. The average molecular weight is 241 g/mol. The summed E-state index contributed by atoms with van der Waals surface area (Å²) in [5, 5.41) is 9.29. The van der Waals surface area contributed by atoms with Gasteiger partial charge in [-0.2, -0.15) is 0 Å². The lowest BCUT2D eigenvalue weighted by Crippen LogP contribution is -2.43. The van der Waals surface area contributed by atoms with E-state index in [-0.39, 0.29) is 0 Å². The number of nitrogens with one attached hydrogen (secondary N) is 2. The minimum atomic E-state index is 0.810. The monoisotopic (exact) mass is 241 g/mol. The van der Waals surface area contributed by atoms with Gasteiger partial charge in [0.2, 0.25) is 0 Å². The number of aliphatic imine (C=N–C) groups is 1. The molecule has 1 rings (SSSR count). The average Bonchev–Trinajstić information content (AvgIpc) is 2.37. The van der Waals surface area contributed by atoms with Crippen molar-refractivity contribution in [3.63, 3.8) is 0 Å². The van der Waals surface area contributed by atoms with Crippen molar-refractivity contribution in [1.82, 2.24) is 15.1 Å². The molecule has 1 aliphatic heterocycles. The third-order valence-corrected chi connectivity index (χ3v) is 3.12. The number of piperidine rings is 1. The van der Waals surface area contributed by atoms with Crippen LogP contribution >= 0.6 is 0 Å². The lowest BCUT2D eigenvalue weighted by atomic mass is 10.0. The largest absolute Gasteiger partial charge is 0.318 e. The van der Waals surface area contributed by atoms with E-state index >= 15 is 0 Å². The van der Waals surface area contributed by atoms with Crippen LogP contribution in [0.4, 0.5) is 0 Å². The highest BCUT2D eigenvalue weighted by atomic mass is 15.2. The van der Waals surface area contributed by atoms with Gasteiger partial charge in [-0.25, -0.2) is 0 Å². The minimum absolute atomic E-state index is 0.810. The number of nitrogens with zero attached hydrogens (tertiary/aromatic N) is 3. The molecule has 0 aliphatic carbocycles. The second-order valence-electron chi connectivity index (χ2n) is 4.43. The first kappa shape index (κ1) is 16.2. The van der Waals surface area contributed by atoms with Gasteiger partial charge in [0.25, 0.3) is 0 Å². The van der Waals surface area contributed by atoms with Gasteiger partial charge in [-0.1, -0.05) is 0 Å². The van der Waals surface area contributed by atoms with Gasteiger partial charge in [0, 0.05) is 19.1 Å². The normalized spacial score (nSPS) is 17.4. The smallest absolute Gasteiger partial charge is 0.106 e. The van der Waals surface area contributed by atoms with Crippen LogP contribution in [0.25, 0.3) is 0 Å². The maximum absolute atomic E-state index is 6.10. The van der Waals surface area contributed by atoms with Gasteiger partial charge in [-0.05, 0) is 53.8 Å². The summed E-state index contributed by atoms with van der Waals surface area (Å²) in [7, 11) is 6.47. The van der Waals surface area contributed by atoms with Crippen molar-refractivity contribution in [2.24, 2.45) is 4.99 Å². The lowest BCUT2D eigenvalue weighted by molar-refractivity contribution is 0.145. The fraction of sp³-hybridized carbons (Fsp3) is 0.833. The Morgan fingerprint density at radius 3 is 2.47 bits per heavy atom. The minimum Gasteiger partial charge on any atom is -0.318 e. The van der Waals surface area contributed by atoms with Crippen LogP contribution in [-0.2, 0) is 0 Å². The lowest BCUT2D eigenvalue weighted by Gasteiger charge is -2.35. The zero-order valence-corrected chi connectivity index (χ0v) is 11.4. The predicted octanol–water partition coefficient (Wildman–Crippen LogP) is 0.526. The molecule has 0 atom stereocenters. The molecule has 0 aromatic heterocycles. The summed E-state index contributed by atoms with van der Waals surface area (Å²) in [5.74, 6) is 0. The molecule has 1 saturated heterocycles. The Hall–Kier alpha value is -0.780. The molecule has 0 bridgehead atoms. The Bertz CT molecular complexity index is 193. The molecule has 1 fully saturated rings. The van der Waals surface area contributed by atoms with Crippen LogP contribution in [0.5, 0.6) is 0 Å². The zero-order valence-electron chi connectivity index (χ0n) is 11.4. The number of hydrogen-bond donors (Lipinski definition) is 2. The highest BCUT2D eigenvalue weighted by Gasteiger charge is 2.19. The van der Waals surface area contributed by atoms with Gasteiger partial charge in [0.15, 0.2) is 0 Å². The zero-order chi connectivity index (χ0) is 13.1. The van der Waals surface area contributed by atoms with Crippen molar-refractivity contribution < 1.29 is 0 Å². The molecule has 5 heteroatoms. The second kappa shape index (κ2) is 10.4. The van der Waals surface area contributed by atoms with Crippen molar-refractivity contribution in [1.29, 1.82) is 5.41 Å². The summed E-state index contributed by atoms with van der Waals surface area (Å²) in [6, 6.07) is 0.810. The molecule has 1 heterocycles. The van der Waals surface area contributed by atoms with E-state index in [0.29, 0.717) is 0 Å². The standard InChI is InChI=1S/C10H23N3.C2H4N2/c1-11-6-9-13(3)10-4-7-12(2)8-5-10;1-4-2-3/h10-11H,4-9H2,1-3H3;2-3H,1H2. The summed E-state index contributed by atoms with van der Waals surface area (Å²) in [4.78, 5) is 7.94. The van der Waals surface area contributed by atoms with Gasteiger partial charge >= 0.3 is 0 Å². The first-order valence-corrected chi connectivity index (χ1v) is 6.13. The molecular formula is C12H27N5. The summed E-state index contributed by atoms with van der Waals surface area (Å²) >= 11 is 0. The maximum Gasteiger partial charge on any atom is 0.106 e. The van der Waals surface area contributed by atoms with E-state index in [9.17, 15) is 0 Å². The highest BCUT2D eigenvalue weighted by Crippen LogP contribution is 2.13. The van der Waals surface area contributed by atoms with E-state index in [4.69, 9.17) is 5.41 Å². The highest BCUT2D eigenvalue weighted by molar-refractivity contribution is 5.58. The van der Waals surface area contributed by atoms with E-state index in [1.165, 1.54) is 32.5 Å². The Morgan fingerprint density at radius 1 is 1.53 bits per heavy atom.